The van der Waals surface area contributed by atoms with E-state index in [2.05, 4.69) is 57.8 Å². The third kappa shape index (κ3) is 3.43. The molecule has 0 aliphatic heterocycles. The summed E-state index contributed by atoms with van der Waals surface area (Å²) >= 11 is 5.24. The van der Waals surface area contributed by atoms with Crippen LogP contribution >= 0.6 is 27.3 Å². The predicted molar refractivity (Wildman–Crippen MR) is 79.9 cm³/mol. The Labute approximate surface area is 120 Å². The molecule has 0 bridgehead atoms. The molecule has 5 heteroatoms. The fourth-order valence-electron chi connectivity index (χ4n) is 1.94. The molecule has 0 aliphatic carbocycles. The molecular weight excluding hydrogens is 310 g/mol. The normalized spacial score (nSPS) is 11.4. The average Bonchev–Trinajstić information content (AvgIpc) is 2.85. The summed E-state index contributed by atoms with van der Waals surface area (Å²) in [4.78, 5) is 1.34. The van der Waals surface area contributed by atoms with E-state index in [1.165, 1.54) is 16.1 Å². The SMILES string of the molecule is CC(C)c1nn(C)cc1CNCc1cc(Br)cs1. The molecule has 18 heavy (non-hydrogen) atoms. The van der Waals surface area contributed by atoms with Crippen molar-refractivity contribution in [3.63, 3.8) is 0 Å². The van der Waals surface area contributed by atoms with Crippen LogP contribution in [0.5, 0.6) is 0 Å². The van der Waals surface area contributed by atoms with Crippen LogP contribution in [-0.2, 0) is 20.1 Å². The number of rotatable bonds is 5. The van der Waals surface area contributed by atoms with E-state index in [1.54, 1.807) is 11.3 Å². The predicted octanol–water partition coefficient (Wildman–Crippen LogP) is 3.66. The summed E-state index contributed by atoms with van der Waals surface area (Å²) in [5.74, 6) is 0.471. The van der Waals surface area contributed by atoms with Gasteiger partial charge in [0.05, 0.1) is 5.69 Å². The summed E-state index contributed by atoms with van der Waals surface area (Å²) in [6, 6.07) is 2.16. The second kappa shape index (κ2) is 5.99. The van der Waals surface area contributed by atoms with Crippen LogP contribution in [-0.4, -0.2) is 9.78 Å². The van der Waals surface area contributed by atoms with Gasteiger partial charge >= 0.3 is 0 Å². The maximum absolute atomic E-state index is 4.51. The largest absolute Gasteiger partial charge is 0.308 e. The molecule has 0 aromatic carbocycles. The number of hydrogen-bond acceptors (Lipinski definition) is 3. The Hall–Kier alpha value is -0.650. The van der Waals surface area contributed by atoms with Gasteiger partial charge < -0.3 is 5.32 Å². The number of hydrogen-bond donors (Lipinski definition) is 1. The minimum Gasteiger partial charge on any atom is -0.308 e. The van der Waals surface area contributed by atoms with Crippen LogP contribution < -0.4 is 5.32 Å². The Morgan fingerprint density at radius 1 is 1.44 bits per heavy atom. The lowest BCUT2D eigenvalue weighted by molar-refractivity contribution is 0.683. The Balaban J connectivity index is 1.94. The minimum atomic E-state index is 0.471. The highest BCUT2D eigenvalue weighted by Crippen LogP contribution is 2.20. The van der Waals surface area contributed by atoms with Gasteiger partial charge in [0.2, 0.25) is 0 Å². The summed E-state index contributed by atoms with van der Waals surface area (Å²) in [6.45, 7) is 6.14. The molecule has 0 aliphatic rings. The fraction of sp³-hybridized carbons (Fsp3) is 0.462. The number of nitrogens with one attached hydrogen (secondary N) is 1. The van der Waals surface area contributed by atoms with Gasteiger partial charge in [0, 0.05) is 46.6 Å². The number of thiophene rings is 1. The zero-order valence-electron chi connectivity index (χ0n) is 10.9. The third-order valence-corrected chi connectivity index (χ3v) is 4.42. The van der Waals surface area contributed by atoms with Crippen LogP contribution in [0.25, 0.3) is 0 Å². The lowest BCUT2D eigenvalue weighted by Crippen LogP contribution is -2.12. The second-order valence-electron chi connectivity index (χ2n) is 4.70. The standard InChI is InChI=1S/C13H18BrN3S/c1-9(2)13-10(7-17(3)16-13)5-15-6-12-4-11(14)8-18-12/h4,7-9,15H,5-6H2,1-3H3. The molecule has 0 spiro atoms. The van der Waals surface area contributed by atoms with Crippen molar-refractivity contribution in [2.75, 3.05) is 0 Å². The molecule has 0 fully saturated rings. The first-order chi connectivity index (χ1) is 8.56. The lowest BCUT2D eigenvalue weighted by atomic mass is 10.1. The van der Waals surface area contributed by atoms with Gasteiger partial charge in [0.15, 0.2) is 0 Å². The Morgan fingerprint density at radius 2 is 2.22 bits per heavy atom. The van der Waals surface area contributed by atoms with Gasteiger partial charge in [-0.3, -0.25) is 4.68 Å². The topological polar surface area (TPSA) is 29.9 Å². The Kier molecular flexibility index (Phi) is 4.59. The molecule has 0 atom stereocenters. The van der Waals surface area contributed by atoms with Crippen LogP contribution in [0.15, 0.2) is 22.1 Å². The van der Waals surface area contributed by atoms with Gasteiger partial charge in [-0.1, -0.05) is 13.8 Å². The van der Waals surface area contributed by atoms with Gasteiger partial charge in [-0.15, -0.1) is 11.3 Å². The highest BCUT2D eigenvalue weighted by atomic mass is 79.9. The van der Waals surface area contributed by atoms with Crippen LogP contribution in [0.3, 0.4) is 0 Å². The van der Waals surface area contributed by atoms with Gasteiger partial charge in [0.1, 0.15) is 0 Å². The van der Waals surface area contributed by atoms with Crippen molar-refractivity contribution in [2.24, 2.45) is 7.05 Å². The van der Waals surface area contributed by atoms with Gasteiger partial charge in [-0.2, -0.15) is 5.10 Å². The second-order valence-corrected chi connectivity index (χ2v) is 6.61. The summed E-state index contributed by atoms with van der Waals surface area (Å²) < 4.78 is 3.06. The van der Waals surface area contributed by atoms with E-state index in [-0.39, 0.29) is 0 Å². The first-order valence-electron chi connectivity index (χ1n) is 6.02. The Bertz CT molecular complexity index is 516. The minimum absolute atomic E-state index is 0.471. The quantitative estimate of drug-likeness (QED) is 0.908. The van der Waals surface area contributed by atoms with Crippen molar-refractivity contribution < 1.29 is 0 Å². The highest BCUT2D eigenvalue weighted by Gasteiger charge is 2.10. The molecular formula is C13H18BrN3S. The van der Waals surface area contributed by atoms with Crippen LogP contribution in [0.4, 0.5) is 0 Å². The van der Waals surface area contributed by atoms with Crippen molar-refractivity contribution in [2.45, 2.75) is 32.9 Å². The average molecular weight is 328 g/mol. The molecule has 0 unspecified atom stereocenters. The Morgan fingerprint density at radius 3 is 2.83 bits per heavy atom. The first-order valence-corrected chi connectivity index (χ1v) is 7.69. The molecule has 3 nitrogen and oxygen atoms in total. The van der Waals surface area contributed by atoms with E-state index in [0.717, 1.165) is 17.6 Å². The summed E-state index contributed by atoms with van der Waals surface area (Å²) in [7, 11) is 1.98. The van der Waals surface area contributed by atoms with E-state index < -0.39 is 0 Å². The molecule has 98 valence electrons. The van der Waals surface area contributed by atoms with E-state index in [0.29, 0.717) is 5.92 Å². The summed E-state index contributed by atoms with van der Waals surface area (Å²) in [5.41, 5.74) is 2.49. The van der Waals surface area contributed by atoms with Crippen LogP contribution in [0, 0.1) is 0 Å². The van der Waals surface area contributed by atoms with E-state index in [1.807, 2.05) is 11.7 Å². The molecule has 2 heterocycles. The van der Waals surface area contributed by atoms with Crippen LogP contribution in [0.1, 0.15) is 35.9 Å². The van der Waals surface area contributed by atoms with Gasteiger partial charge in [-0.05, 0) is 27.9 Å². The molecule has 0 radical (unpaired) electrons. The van der Waals surface area contributed by atoms with E-state index in [4.69, 9.17) is 0 Å². The molecule has 0 saturated carbocycles. The van der Waals surface area contributed by atoms with Crippen molar-refractivity contribution in [3.8, 4) is 0 Å². The maximum atomic E-state index is 4.51. The molecule has 0 saturated heterocycles. The van der Waals surface area contributed by atoms with E-state index >= 15 is 0 Å². The molecule has 2 aromatic rings. The fourth-order valence-corrected chi connectivity index (χ4v) is 3.36. The van der Waals surface area contributed by atoms with Crippen molar-refractivity contribution in [3.05, 3.63) is 38.3 Å². The van der Waals surface area contributed by atoms with E-state index in [9.17, 15) is 0 Å². The molecule has 1 N–H and O–H groups in total. The molecule has 2 rings (SSSR count). The maximum Gasteiger partial charge on any atom is 0.0694 e. The number of aryl methyl sites for hydroxylation is 1. The molecule has 2 aromatic heterocycles. The summed E-state index contributed by atoms with van der Waals surface area (Å²) in [6.07, 6.45) is 2.10. The van der Waals surface area contributed by atoms with Gasteiger partial charge in [0.25, 0.3) is 0 Å². The van der Waals surface area contributed by atoms with Crippen molar-refractivity contribution >= 4 is 27.3 Å². The zero-order chi connectivity index (χ0) is 13.1. The smallest absolute Gasteiger partial charge is 0.0694 e. The monoisotopic (exact) mass is 327 g/mol. The number of aromatic nitrogens is 2. The highest BCUT2D eigenvalue weighted by molar-refractivity contribution is 9.10. The van der Waals surface area contributed by atoms with Gasteiger partial charge in [-0.25, -0.2) is 0 Å². The number of nitrogens with zero attached hydrogens (tertiary/aromatic N) is 2. The lowest BCUT2D eigenvalue weighted by Gasteiger charge is -2.06. The zero-order valence-corrected chi connectivity index (χ0v) is 13.3. The third-order valence-electron chi connectivity index (χ3n) is 2.72. The summed E-state index contributed by atoms with van der Waals surface area (Å²) in [5, 5.41) is 10.1. The first kappa shape index (κ1) is 13.8. The van der Waals surface area contributed by atoms with Crippen molar-refractivity contribution in [1.29, 1.82) is 0 Å². The van der Waals surface area contributed by atoms with Crippen LogP contribution in [0.2, 0.25) is 0 Å². The van der Waals surface area contributed by atoms with Crippen molar-refractivity contribution in [1.82, 2.24) is 15.1 Å². The molecule has 0 amide bonds. The number of halogens is 1.